The van der Waals surface area contributed by atoms with Crippen molar-refractivity contribution in [2.75, 3.05) is 0 Å². The molecule has 0 bridgehead atoms. The van der Waals surface area contributed by atoms with Crippen LogP contribution in [0, 0.1) is 28.1 Å². The zero-order chi connectivity index (χ0) is 15.0. The van der Waals surface area contributed by atoms with Crippen molar-refractivity contribution in [1.82, 2.24) is 0 Å². The maximum atomic E-state index is 11.0. The van der Waals surface area contributed by atoms with Crippen molar-refractivity contribution in [3.8, 4) is 6.07 Å². The Labute approximate surface area is 126 Å². The van der Waals surface area contributed by atoms with Gasteiger partial charge in [-0.15, -0.1) is 11.3 Å². The topological polar surface area (TPSA) is 44.0 Å². The molecule has 1 aromatic heterocycles. The molecule has 0 aliphatic heterocycles. The fraction of sp³-hybridized carbons (Fsp3) is 0.706. The smallest absolute Gasteiger partial charge is 0.114 e. The Bertz CT molecular complexity index is 482. The number of hydrogen-bond donors (Lipinski definition) is 1. The monoisotopic (exact) mass is 291 g/mol. The fourth-order valence-electron chi connectivity index (χ4n) is 3.48. The normalized spacial score (nSPS) is 30.5. The van der Waals surface area contributed by atoms with Crippen LogP contribution >= 0.6 is 11.3 Å². The molecule has 1 heterocycles. The highest BCUT2D eigenvalue weighted by atomic mass is 32.1. The zero-order valence-corrected chi connectivity index (χ0v) is 13.8. The average molecular weight is 291 g/mol. The van der Waals surface area contributed by atoms with Gasteiger partial charge in [0.25, 0.3) is 0 Å². The van der Waals surface area contributed by atoms with Gasteiger partial charge < -0.3 is 5.11 Å². The molecule has 1 aliphatic rings. The molecule has 1 aliphatic carbocycles. The first-order chi connectivity index (χ1) is 9.23. The summed E-state index contributed by atoms with van der Waals surface area (Å²) in [5, 5.41) is 22.8. The van der Waals surface area contributed by atoms with Crippen LogP contribution in [0.1, 0.15) is 58.3 Å². The van der Waals surface area contributed by atoms with Crippen molar-refractivity contribution in [2.45, 2.75) is 59.0 Å². The standard InChI is InChI=1S/C17H25NOS/c1-15(2,3)13-7-9-17(12-18,10-8-13)16(4,19)14-6-5-11-20-14/h5-6,11,13,19H,7-10H2,1-4H3. The number of thiophene rings is 1. The maximum absolute atomic E-state index is 11.0. The predicted molar refractivity (Wildman–Crippen MR) is 83.3 cm³/mol. The van der Waals surface area contributed by atoms with Gasteiger partial charge >= 0.3 is 0 Å². The first-order valence-corrected chi connectivity index (χ1v) is 8.28. The molecule has 1 atom stereocenters. The minimum absolute atomic E-state index is 0.288. The highest BCUT2D eigenvalue weighted by Gasteiger charge is 2.51. The van der Waals surface area contributed by atoms with Gasteiger partial charge in [0.2, 0.25) is 0 Å². The van der Waals surface area contributed by atoms with E-state index in [4.69, 9.17) is 0 Å². The Morgan fingerprint density at radius 2 is 1.90 bits per heavy atom. The molecule has 0 saturated heterocycles. The summed E-state index contributed by atoms with van der Waals surface area (Å²) in [7, 11) is 0. The molecule has 2 nitrogen and oxygen atoms in total. The van der Waals surface area contributed by atoms with Gasteiger partial charge in [0.1, 0.15) is 5.60 Å². The molecule has 110 valence electrons. The van der Waals surface area contributed by atoms with Gasteiger partial charge in [-0.3, -0.25) is 0 Å². The Morgan fingerprint density at radius 3 is 2.30 bits per heavy atom. The van der Waals surface area contributed by atoms with Crippen molar-refractivity contribution in [3.05, 3.63) is 22.4 Å². The number of nitriles is 1. The first-order valence-electron chi connectivity index (χ1n) is 7.40. The maximum Gasteiger partial charge on any atom is 0.114 e. The minimum atomic E-state index is -1.04. The van der Waals surface area contributed by atoms with E-state index >= 15 is 0 Å². The SMILES string of the molecule is CC(C)(C)C1CCC(C#N)(C(C)(O)c2cccs2)CC1. The molecule has 0 spiro atoms. The summed E-state index contributed by atoms with van der Waals surface area (Å²) in [5.74, 6) is 0.642. The molecule has 1 unspecified atom stereocenters. The Morgan fingerprint density at radius 1 is 1.30 bits per heavy atom. The van der Waals surface area contributed by atoms with E-state index in [1.165, 1.54) is 0 Å². The third-order valence-electron chi connectivity index (χ3n) is 5.21. The summed E-state index contributed by atoms with van der Waals surface area (Å²) in [6.07, 6.45) is 3.63. The molecule has 1 fully saturated rings. The molecular weight excluding hydrogens is 266 g/mol. The van der Waals surface area contributed by atoms with Gasteiger partial charge in [-0.05, 0) is 55.4 Å². The van der Waals surface area contributed by atoms with E-state index < -0.39 is 11.0 Å². The van der Waals surface area contributed by atoms with E-state index in [0.29, 0.717) is 5.92 Å². The summed E-state index contributed by atoms with van der Waals surface area (Å²) in [5.41, 5.74) is -1.39. The molecule has 0 amide bonds. The lowest BCUT2D eigenvalue weighted by atomic mass is 9.59. The van der Waals surface area contributed by atoms with Gasteiger partial charge in [-0.2, -0.15) is 5.26 Å². The molecule has 1 N–H and O–H groups in total. The third kappa shape index (κ3) is 2.52. The van der Waals surface area contributed by atoms with Gasteiger partial charge in [-0.25, -0.2) is 0 Å². The predicted octanol–water partition coefficient (Wildman–Crippen LogP) is 4.70. The van der Waals surface area contributed by atoms with Crippen molar-refractivity contribution in [2.24, 2.45) is 16.7 Å². The van der Waals surface area contributed by atoms with Crippen molar-refractivity contribution in [3.63, 3.8) is 0 Å². The molecule has 2 rings (SSSR count). The van der Waals surface area contributed by atoms with Gasteiger partial charge in [0, 0.05) is 4.88 Å². The second kappa shape index (κ2) is 5.16. The van der Waals surface area contributed by atoms with Crippen LogP contribution in [-0.4, -0.2) is 5.11 Å². The van der Waals surface area contributed by atoms with Crippen LogP contribution in [0.15, 0.2) is 17.5 Å². The largest absolute Gasteiger partial charge is 0.383 e. The fourth-order valence-corrected chi connectivity index (χ4v) is 4.36. The second-order valence-electron chi connectivity index (χ2n) is 7.38. The Balaban J connectivity index is 2.24. The first kappa shape index (κ1) is 15.5. The number of hydrogen-bond acceptors (Lipinski definition) is 3. The Kier molecular flexibility index (Phi) is 4.01. The highest BCUT2D eigenvalue weighted by Crippen LogP contribution is 2.53. The van der Waals surface area contributed by atoms with Crippen LogP contribution in [0.4, 0.5) is 0 Å². The Hall–Kier alpha value is -0.850. The van der Waals surface area contributed by atoms with E-state index in [2.05, 4.69) is 26.8 Å². The van der Waals surface area contributed by atoms with E-state index in [-0.39, 0.29) is 5.41 Å². The summed E-state index contributed by atoms with van der Waals surface area (Å²) >= 11 is 1.54. The van der Waals surface area contributed by atoms with Crippen molar-refractivity contribution < 1.29 is 5.11 Å². The van der Waals surface area contributed by atoms with E-state index in [0.717, 1.165) is 30.6 Å². The lowest BCUT2D eigenvalue weighted by molar-refractivity contribution is -0.0738. The molecule has 3 heteroatoms. The summed E-state index contributed by atoms with van der Waals surface area (Å²) < 4.78 is 0. The lowest BCUT2D eigenvalue weighted by Crippen LogP contribution is -2.45. The number of aliphatic hydroxyl groups is 1. The molecule has 20 heavy (non-hydrogen) atoms. The van der Waals surface area contributed by atoms with Crippen LogP contribution < -0.4 is 0 Å². The summed E-state index contributed by atoms with van der Waals surface area (Å²) in [6, 6.07) is 6.36. The number of rotatable bonds is 2. The second-order valence-corrected chi connectivity index (χ2v) is 8.33. The van der Waals surface area contributed by atoms with Crippen LogP contribution in [0.2, 0.25) is 0 Å². The average Bonchev–Trinajstić information content (AvgIpc) is 2.92. The van der Waals surface area contributed by atoms with Crippen LogP contribution in [0.5, 0.6) is 0 Å². The summed E-state index contributed by atoms with van der Waals surface area (Å²) in [6.45, 7) is 8.64. The third-order valence-corrected chi connectivity index (χ3v) is 6.29. The van der Waals surface area contributed by atoms with Gasteiger partial charge in [0.15, 0.2) is 0 Å². The van der Waals surface area contributed by atoms with Gasteiger partial charge in [-0.1, -0.05) is 26.8 Å². The summed E-state index contributed by atoms with van der Waals surface area (Å²) in [4.78, 5) is 0.910. The molecule has 1 aromatic rings. The van der Waals surface area contributed by atoms with Crippen molar-refractivity contribution in [1.29, 1.82) is 5.26 Å². The van der Waals surface area contributed by atoms with Crippen LogP contribution in [-0.2, 0) is 5.60 Å². The van der Waals surface area contributed by atoms with Crippen LogP contribution in [0.25, 0.3) is 0 Å². The minimum Gasteiger partial charge on any atom is -0.383 e. The number of nitrogens with zero attached hydrogens (tertiary/aromatic N) is 1. The molecule has 1 saturated carbocycles. The van der Waals surface area contributed by atoms with E-state index in [1.54, 1.807) is 11.3 Å². The molecule has 0 radical (unpaired) electrons. The zero-order valence-electron chi connectivity index (χ0n) is 12.9. The lowest BCUT2D eigenvalue weighted by Gasteiger charge is -2.46. The molecular formula is C17H25NOS. The molecule has 0 aromatic carbocycles. The van der Waals surface area contributed by atoms with Crippen molar-refractivity contribution >= 4 is 11.3 Å². The van der Waals surface area contributed by atoms with E-state index in [9.17, 15) is 10.4 Å². The van der Waals surface area contributed by atoms with Crippen LogP contribution in [0.3, 0.4) is 0 Å². The van der Waals surface area contributed by atoms with E-state index in [1.807, 2.05) is 24.4 Å². The van der Waals surface area contributed by atoms with Gasteiger partial charge in [0.05, 0.1) is 11.5 Å². The quantitative estimate of drug-likeness (QED) is 0.858. The highest BCUT2D eigenvalue weighted by molar-refractivity contribution is 7.10.